The first kappa shape index (κ1) is 16.7. The van der Waals surface area contributed by atoms with Gasteiger partial charge in [-0.05, 0) is 42.8 Å². The molecule has 1 fully saturated rings. The summed E-state index contributed by atoms with van der Waals surface area (Å²) in [6, 6.07) is 13.7. The van der Waals surface area contributed by atoms with E-state index >= 15 is 0 Å². The fourth-order valence-electron chi connectivity index (χ4n) is 2.87. The molecule has 3 amide bonds. The molecule has 1 aliphatic rings. The number of imide groups is 1. The Kier molecular flexibility index (Phi) is 4.52. The molecule has 0 aromatic heterocycles. The summed E-state index contributed by atoms with van der Waals surface area (Å²) in [5.41, 5.74) is 2.90. The van der Waals surface area contributed by atoms with Crippen molar-refractivity contribution in [2.45, 2.75) is 26.3 Å². The minimum absolute atomic E-state index is 0.112. The first-order valence-electron chi connectivity index (χ1n) is 8.02. The molecule has 2 N–H and O–H groups in total. The van der Waals surface area contributed by atoms with Crippen molar-refractivity contribution < 1.29 is 14.4 Å². The van der Waals surface area contributed by atoms with Crippen LogP contribution in [0.15, 0.2) is 48.5 Å². The summed E-state index contributed by atoms with van der Waals surface area (Å²) in [6.07, 6.45) is 0.112. The molecule has 6 nitrogen and oxygen atoms in total. The lowest BCUT2D eigenvalue weighted by Gasteiger charge is -2.18. The lowest BCUT2D eigenvalue weighted by Crippen LogP contribution is -2.35. The van der Waals surface area contributed by atoms with E-state index in [2.05, 4.69) is 10.6 Å². The van der Waals surface area contributed by atoms with Gasteiger partial charge in [0.2, 0.25) is 11.8 Å². The van der Waals surface area contributed by atoms with Crippen LogP contribution in [0.25, 0.3) is 0 Å². The van der Waals surface area contributed by atoms with Crippen LogP contribution < -0.4 is 15.5 Å². The highest BCUT2D eigenvalue weighted by Gasteiger charge is 2.40. The molecule has 1 atom stereocenters. The summed E-state index contributed by atoms with van der Waals surface area (Å²) >= 11 is 0. The van der Waals surface area contributed by atoms with E-state index in [1.807, 2.05) is 25.1 Å². The van der Waals surface area contributed by atoms with Gasteiger partial charge in [-0.15, -0.1) is 0 Å². The number of amides is 3. The molecule has 1 heterocycles. The Hall–Kier alpha value is -3.15. The van der Waals surface area contributed by atoms with Crippen molar-refractivity contribution in [3.8, 4) is 0 Å². The molecule has 0 unspecified atom stereocenters. The SMILES string of the molecule is CC(=O)Nc1ccc(N[C@H]2CC(=O)N(c3ccccc3C)C2=O)cc1. The van der Waals surface area contributed by atoms with Gasteiger partial charge in [-0.25, -0.2) is 4.90 Å². The van der Waals surface area contributed by atoms with E-state index in [1.54, 1.807) is 30.3 Å². The number of nitrogens with one attached hydrogen (secondary N) is 2. The molecule has 0 saturated carbocycles. The molecule has 2 aromatic carbocycles. The summed E-state index contributed by atoms with van der Waals surface area (Å²) in [4.78, 5) is 37.3. The number of hydrogen-bond donors (Lipinski definition) is 2. The number of rotatable bonds is 4. The zero-order valence-corrected chi connectivity index (χ0v) is 14.1. The number of hydrogen-bond acceptors (Lipinski definition) is 4. The summed E-state index contributed by atoms with van der Waals surface area (Å²) in [6.45, 7) is 3.31. The first-order chi connectivity index (χ1) is 12.0. The van der Waals surface area contributed by atoms with Crippen LogP contribution in [0.1, 0.15) is 18.9 Å². The molecule has 3 rings (SSSR count). The lowest BCUT2D eigenvalue weighted by molar-refractivity contribution is -0.121. The molecule has 0 bridgehead atoms. The van der Waals surface area contributed by atoms with E-state index in [-0.39, 0.29) is 24.1 Å². The van der Waals surface area contributed by atoms with Gasteiger partial charge < -0.3 is 10.6 Å². The van der Waals surface area contributed by atoms with Crippen LogP contribution in [0.4, 0.5) is 17.1 Å². The van der Waals surface area contributed by atoms with Crippen molar-refractivity contribution in [1.82, 2.24) is 0 Å². The fraction of sp³-hybridized carbons (Fsp3) is 0.211. The number of carbonyl (C=O) groups excluding carboxylic acids is 3. The number of para-hydroxylation sites is 1. The standard InChI is InChI=1S/C19H19N3O3/c1-12-5-3-4-6-17(12)22-18(24)11-16(19(22)25)21-15-9-7-14(8-10-15)20-13(2)23/h3-10,16,21H,11H2,1-2H3,(H,20,23)/t16-/m0/s1. The molecule has 0 spiro atoms. The smallest absolute Gasteiger partial charge is 0.256 e. The van der Waals surface area contributed by atoms with Crippen molar-refractivity contribution >= 4 is 34.8 Å². The van der Waals surface area contributed by atoms with Gasteiger partial charge in [0.25, 0.3) is 5.91 Å². The predicted molar refractivity (Wildman–Crippen MR) is 96.4 cm³/mol. The van der Waals surface area contributed by atoms with Crippen LogP contribution in [0.2, 0.25) is 0 Å². The summed E-state index contributed by atoms with van der Waals surface area (Å²) < 4.78 is 0. The van der Waals surface area contributed by atoms with E-state index in [0.717, 1.165) is 5.56 Å². The Morgan fingerprint density at radius 3 is 2.32 bits per heavy atom. The van der Waals surface area contributed by atoms with Crippen LogP contribution in [-0.4, -0.2) is 23.8 Å². The van der Waals surface area contributed by atoms with Crippen molar-refractivity contribution in [3.63, 3.8) is 0 Å². The third-order valence-corrected chi connectivity index (χ3v) is 4.05. The molecule has 128 valence electrons. The fourth-order valence-corrected chi connectivity index (χ4v) is 2.87. The van der Waals surface area contributed by atoms with Crippen LogP contribution in [0.5, 0.6) is 0 Å². The van der Waals surface area contributed by atoms with Gasteiger partial charge in [0.05, 0.1) is 12.1 Å². The zero-order chi connectivity index (χ0) is 18.0. The second-order valence-electron chi connectivity index (χ2n) is 6.01. The number of nitrogens with zero attached hydrogens (tertiary/aromatic N) is 1. The average Bonchev–Trinajstić information content (AvgIpc) is 2.83. The molecular weight excluding hydrogens is 318 g/mol. The van der Waals surface area contributed by atoms with Gasteiger partial charge in [0, 0.05) is 18.3 Å². The van der Waals surface area contributed by atoms with Gasteiger partial charge in [0.1, 0.15) is 6.04 Å². The van der Waals surface area contributed by atoms with E-state index in [4.69, 9.17) is 0 Å². The van der Waals surface area contributed by atoms with Crippen LogP contribution >= 0.6 is 0 Å². The predicted octanol–water partition coefficient (Wildman–Crippen LogP) is 2.70. The number of anilines is 3. The largest absolute Gasteiger partial charge is 0.373 e. The second kappa shape index (κ2) is 6.76. The van der Waals surface area contributed by atoms with Gasteiger partial charge in [-0.2, -0.15) is 0 Å². The summed E-state index contributed by atoms with van der Waals surface area (Å²) in [5.74, 6) is -0.622. The van der Waals surface area contributed by atoms with Crippen LogP contribution in [0.3, 0.4) is 0 Å². The third kappa shape index (κ3) is 3.52. The molecule has 2 aromatic rings. The number of carbonyl (C=O) groups is 3. The molecule has 1 saturated heterocycles. The molecule has 1 aliphatic heterocycles. The maximum Gasteiger partial charge on any atom is 0.256 e. The van der Waals surface area contributed by atoms with Crippen molar-refractivity contribution in [1.29, 1.82) is 0 Å². The van der Waals surface area contributed by atoms with Gasteiger partial charge in [-0.1, -0.05) is 18.2 Å². The summed E-state index contributed by atoms with van der Waals surface area (Å²) in [5, 5.41) is 5.78. The Bertz CT molecular complexity index is 830. The molecule has 0 aliphatic carbocycles. The average molecular weight is 337 g/mol. The van der Waals surface area contributed by atoms with E-state index in [0.29, 0.717) is 17.1 Å². The van der Waals surface area contributed by atoms with Crippen molar-refractivity contribution in [2.24, 2.45) is 0 Å². The Balaban J connectivity index is 1.74. The van der Waals surface area contributed by atoms with Gasteiger partial charge >= 0.3 is 0 Å². The Labute approximate surface area is 145 Å². The van der Waals surface area contributed by atoms with E-state index in [1.165, 1.54) is 11.8 Å². The van der Waals surface area contributed by atoms with E-state index < -0.39 is 6.04 Å². The lowest BCUT2D eigenvalue weighted by atomic mass is 10.2. The Morgan fingerprint density at radius 2 is 1.68 bits per heavy atom. The monoisotopic (exact) mass is 337 g/mol. The minimum Gasteiger partial charge on any atom is -0.373 e. The highest BCUT2D eigenvalue weighted by atomic mass is 16.2. The molecule has 6 heteroatoms. The van der Waals surface area contributed by atoms with E-state index in [9.17, 15) is 14.4 Å². The summed E-state index contributed by atoms with van der Waals surface area (Å²) in [7, 11) is 0. The highest BCUT2D eigenvalue weighted by Crippen LogP contribution is 2.27. The topological polar surface area (TPSA) is 78.5 Å². The molecular formula is C19H19N3O3. The Morgan fingerprint density at radius 1 is 1.04 bits per heavy atom. The van der Waals surface area contributed by atoms with Crippen molar-refractivity contribution in [2.75, 3.05) is 15.5 Å². The zero-order valence-electron chi connectivity index (χ0n) is 14.1. The van der Waals surface area contributed by atoms with Crippen molar-refractivity contribution in [3.05, 3.63) is 54.1 Å². The highest BCUT2D eigenvalue weighted by molar-refractivity contribution is 6.23. The number of benzene rings is 2. The van der Waals surface area contributed by atoms with Gasteiger partial charge in [-0.3, -0.25) is 14.4 Å². The maximum absolute atomic E-state index is 12.7. The second-order valence-corrected chi connectivity index (χ2v) is 6.01. The maximum atomic E-state index is 12.7. The third-order valence-electron chi connectivity index (χ3n) is 4.05. The first-order valence-corrected chi connectivity index (χ1v) is 8.02. The van der Waals surface area contributed by atoms with Gasteiger partial charge in [0.15, 0.2) is 0 Å². The van der Waals surface area contributed by atoms with Crippen LogP contribution in [-0.2, 0) is 14.4 Å². The number of aryl methyl sites for hydroxylation is 1. The minimum atomic E-state index is -0.598. The molecule has 25 heavy (non-hydrogen) atoms. The normalized spacial score (nSPS) is 16.9. The van der Waals surface area contributed by atoms with Crippen LogP contribution in [0, 0.1) is 6.92 Å². The molecule has 0 radical (unpaired) electrons. The quantitative estimate of drug-likeness (QED) is 0.841.